The molecule has 1 aliphatic rings. The second-order valence-corrected chi connectivity index (χ2v) is 7.71. The Hall–Kier alpha value is -1.85. The summed E-state index contributed by atoms with van der Waals surface area (Å²) in [6.07, 6.45) is 7.69. The average Bonchev–Trinajstić information content (AvgIpc) is 2.65. The maximum atomic E-state index is 12.0. The third kappa shape index (κ3) is 7.18. The number of carbonyl (C=O) groups excluding carboxylic acids is 1. The highest BCUT2D eigenvalue weighted by atomic mass is 16.1. The van der Waals surface area contributed by atoms with Crippen LogP contribution < -0.4 is 15.5 Å². The molecule has 1 aromatic rings. The van der Waals surface area contributed by atoms with Gasteiger partial charge in [-0.05, 0) is 43.9 Å². The van der Waals surface area contributed by atoms with E-state index in [0.717, 1.165) is 63.5 Å². The first-order chi connectivity index (χ1) is 12.6. The second kappa shape index (κ2) is 11.0. The number of carbonyl (C=O) groups is 1. The molecule has 6 heteroatoms. The number of nitrogens with one attached hydrogen (secondary N) is 2. The molecule has 26 heavy (non-hydrogen) atoms. The third-order valence-corrected chi connectivity index (χ3v) is 4.88. The van der Waals surface area contributed by atoms with Gasteiger partial charge in [0.15, 0.2) is 0 Å². The highest BCUT2D eigenvalue weighted by Gasteiger charge is 2.22. The van der Waals surface area contributed by atoms with Crippen molar-refractivity contribution in [2.75, 3.05) is 36.4 Å². The Morgan fingerprint density at radius 3 is 2.96 bits per heavy atom. The van der Waals surface area contributed by atoms with Crippen molar-refractivity contribution in [3.63, 3.8) is 0 Å². The van der Waals surface area contributed by atoms with Crippen LogP contribution in [0.5, 0.6) is 0 Å². The molecule has 0 aliphatic carbocycles. The molecule has 0 saturated carbocycles. The summed E-state index contributed by atoms with van der Waals surface area (Å²) < 4.78 is 0. The topological polar surface area (TPSA) is 70.2 Å². The molecule has 0 unspecified atom stereocenters. The van der Waals surface area contributed by atoms with Crippen LogP contribution in [-0.4, -0.2) is 42.1 Å². The molecule has 1 saturated heterocycles. The van der Waals surface area contributed by atoms with Crippen molar-refractivity contribution in [2.24, 2.45) is 11.8 Å². The van der Waals surface area contributed by atoms with Gasteiger partial charge in [0, 0.05) is 38.7 Å². The molecular formula is C20H35N5O. The highest BCUT2D eigenvalue weighted by Crippen LogP contribution is 2.25. The zero-order valence-electron chi connectivity index (χ0n) is 16.6. The summed E-state index contributed by atoms with van der Waals surface area (Å²) >= 11 is 0. The van der Waals surface area contributed by atoms with E-state index in [9.17, 15) is 4.79 Å². The summed E-state index contributed by atoms with van der Waals surface area (Å²) in [5, 5.41) is 6.36. The minimum absolute atomic E-state index is 0.191. The summed E-state index contributed by atoms with van der Waals surface area (Å²) in [7, 11) is 0. The molecule has 6 nitrogen and oxygen atoms in total. The lowest BCUT2D eigenvalue weighted by Crippen LogP contribution is -2.36. The maximum Gasteiger partial charge on any atom is 0.220 e. The summed E-state index contributed by atoms with van der Waals surface area (Å²) in [6, 6.07) is 2.04. The molecular weight excluding hydrogens is 326 g/mol. The SMILES string of the molecule is CCCNc1cc(N2CCC[C@H](CCC(=O)NCCC(C)C)C2)ncn1. The van der Waals surface area contributed by atoms with Gasteiger partial charge in [0.25, 0.3) is 0 Å². The number of piperidine rings is 1. The number of hydrogen-bond donors (Lipinski definition) is 2. The average molecular weight is 362 g/mol. The molecule has 2 heterocycles. The molecule has 0 bridgehead atoms. The molecule has 1 fully saturated rings. The summed E-state index contributed by atoms with van der Waals surface area (Å²) in [4.78, 5) is 23.1. The molecule has 1 amide bonds. The quantitative estimate of drug-likeness (QED) is 0.668. The van der Waals surface area contributed by atoms with E-state index in [1.54, 1.807) is 6.33 Å². The minimum Gasteiger partial charge on any atom is -0.370 e. The van der Waals surface area contributed by atoms with Gasteiger partial charge in [-0.3, -0.25) is 4.79 Å². The lowest BCUT2D eigenvalue weighted by molar-refractivity contribution is -0.121. The van der Waals surface area contributed by atoms with E-state index in [1.807, 2.05) is 6.07 Å². The predicted molar refractivity (Wildman–Crippen MR) is 107 cm³/mol. The summed E-state index contributed by atoms with van der Waals surface area (Å²) in [5.41, 5.74) is 0. The number of anilines is 2. The van der Waals surface area contributed by atoms with Gasteiger partial charge in [-0.15, -0.1) is 0 Å². The zero-order valence-corrected chi connectivity index (χ0v) is 16.6. The van der Waals surface area contributed by atoms with Crippen LogP contribution in [-0.2, 0) is 4.79 Å². The van der Waals surface area contributed by atoms with Crippen LogP contribution in [0.2, 0.25) is 0 Å². The van der Waals surface area contributed by atoms with Gasteiger partial charge < -0.3 is 15.5 Å². The van der Waals surface area contributed by atoms with Crippen molar-refractivity contribution < 1.29 is 4.79 Å². The van der Waals surface area contributed by atoms with E-state index in [0.29, 0.717) is 18.3 Å². The molecule has 2 rings (SSSR count). The predicted octanol–water partition coefficient (Wildman–Crippen LogP) is 3.46. The van der Waals surface area contributed by atoms with Crippen molar-refractivity contribution in [3.05, 3.63) is 12.4 Å². The van der Waals surface area contributed by atoms with E-state index < -0.39 is 0 Å². The van der Waals surface area contributed by atoms with Crippen molar-refractivity contribution in [1.82, 2.24) is 15.3 Å². The monoisotopic (exact) mass is 361 g/mol. The van der Waals surface area contributed by atoms with Crippen LogP contribution in [0.3, 0.4) is 0 Å². The van der Waals surface area contributed by atoms with E-state index in [2.05, 4.69) is 46.3 Å². The number of rotatable bonds is 10. The van der Waals surface area contributed by atoms with Crippen LogP contribution in [0, 0.1) is 11.8 Å². The Morgan fingerprint density at radius 2 is 2.19 bits per heavy atom. The van der Waals surface area contributed by atoms with Crippen LogP contribution in [0.1, 0.15) is 59.3 Å². The Bertz CT molecular complexity index is 549. The van der Waals surface area contributed by atoms with Crippen molar-refractivity contribution in [1.29, 1.82) is 0 Å². The number of amides is 1. The molecule has 0 aromatic carbocycles. The second-order valence-electron chi connectivity index (χ2n) is 7.71. The van der Waals surface area contributed by atoms with Gasteiger partial charge in [0.2, 0.25) is 5.91 Å². The van der Waals surface area contributed by atoms with E-state index in [4.69, 9.17) is 0 Å². The number of nitrogens with zero attached hydrogens (tertiary/aromatic N) is 3. The Labute approximate surface area is 158 Å². The van der Waals surface area contributed by atoms with Crippen molar-refractivity contribution in [3.8, 4) is 0 Å². The molecule has 1 atom stereocenters. The summed E-state index contributed by atoms with van der Waals surface area (Å²) in [5.74, 6) is 3.26. The zero-order chi connectivity index (χ0) is 18.8. The first-order valence-corrected chi connectivity index (χ1v) is 10.2. The fraction of sp³-hybridized carbons (Fsp3) is 0.750. The Kier molecular flexibility index (Phi) is 8.65. The molecule has 0 spiro atoms. The third-order valence-electron chi connectivity index (χ3n) is 4.88. The smallest absolute Gasteiger partial charge is 0.220 e. The lowest BCUT2D eigenvalue weighted by atomic mass is 9.93. The Morgan fingerprint density at radius 1 is 1.35 bits per heavy atom. The van der Waals surface area contributed by atoms with Gasteiger partial charge in [0.1, 0.15) is 18.0 Å². The van der Waals surface area contributed by atoms with Gasteiger partial charge in [-0.2, -0.15) is 0 Å². The van der Waals surface area contributed by atoms with Crippen molar-refractivity contribution >= 4 is 17.5 Å². The normalized spacial score (nSPS) is 17.4. The first kappa shape index (κ1) is 20.5. The largest absolute Gasteiger partial charge is 0.370 e. The van der Waals surface area contributed by atoms with Gasteiger partial charge in [-0.1, -0.05) is 20.8 Å². The van der Waals surface area contributed by atoms with Crippen molar-refractivity contribution in [2.45, 2.75) is 59.3 Å². The van der Waals surface area contributed by atoms with Crippen LogP contribution in [0.4, 0.5) is 11.6 Å². The molecule has 146 valence electrons. The van der Waals surface area contributed by atoms with E-state index >= 15 is 0 Å². The van der Waals surface area contributed by atoms with Crippen LogP contribution in [0.15, 0.2) is 12.4 Å². The molecule has 2 N–H and O–H groups in total. The van der Waals surface area contributed by atoms with Crippen LogP contribution in [0.25, 0.3) is 0 Å². The van der Waals surface area contributed by atoms with E-state index in [1.165, 1.54) is 6.42 Å². The fourth-order valence-corrected chi connectivity index (χ4v) is 3.30. The van der Waals surface area contributed by atoms with Crippen LogP contribution >= 0.6 is 0 Å². The van der Waals surface area contributed by atoms with Gasteiger partial charge in [-0.25, -0.2) is 9.97 Å². The van der Waals surface area contributed by atoms with Gasteiger partial charge >= 0.3 is 0 Å². The van der Waals surface area contributed by atoms with Gasteiger partial charge in [0.05, 0.1) is 0 Å². The van der Waals surface area contributed by atoms with E-state index in [-0.39, 0.29) is 5.91 Å². The summed E-state index contributed by atoms with van der Waals surface area (Å²) in [6.45, 7) is 10.2. The molecule has 1 aromatic heterocycles. The lowest BCUT2D eigenvalue weighted by Gasteiger charge is -2.33. The number of hydrogen-bond acceptors (Lipinski definition) is 5. The first-order valence-electron chi connectivity index (χ1n) is 10.2. The fourth-order valence-electron chi connectivity index (χ4n) is 3.30. The molecule has 0 radical (unpaired) electrons. The number of aromatic nitrogens is 2. The standard InChI is InChI=1S/C20H35N5O/c1-4-10-21-18-13-19(24-15-23-18)25-12-5-6-17(14-25)7-8-20(26)22-11-9-16(2)3/h13,15-17H,4-12,14H2,1-3H3,(H,22,26)(H,21,23,24)/t17-/m1/s1. The minimum atomic E-state index is 0.191. The Balaban J connectivity index is 1.78. The maximum absolute atomic E-state index is 12.0. The molecule has 1 aliphatic heterocycles. The highest BCUT2D eigenvalue weighted by molar-refractivity contribution is 5.75.